The number of thiophene rings is 1. The molecule has 2 N–H and O–H groups in total. The maximum atomic E-state index is 13.1. The molecule has 2 aromatic rings. The van der Waals surface area contributed by atoms with E-state index in [-0.39, 0.29) is 12.5 Å². The second-order valence-corrected chi connectivity index (χ2v) is 7.58. The van der Waals surface area contributed by atoms with Crippen molar-refractivity contribution in [3.8, 4) is 6.07 Å². The minimum absolute atomic E-state index is 0.355. The third-order valence-electron chi connectivity index (χ3n) is 4.94. The van der Waals surface area contributed by atoms with Crippen LogP contribution in [0, 0.1) is 11.3 Å². The normalized spacial score (nSPS) is 20.9. The molecule has 2 aliphatic rings. The SMILES string of the molecule is N#Cc1ccc(NC(=O)CN2C(=O)NC3(CCCc4sccc43)C2=O)cc1. The molecule has 0 bridgehead atoms. The van der Waals surface area contributed by atoms with Crippen molar-refractivity contribution in [1.29, 1.82) is 5.26 Å². The summed E-state index contributed by atoms with van der Waals surface area (Å²) in [5, 5.41) is 16.2. The predicted octanol–water partition coefficient (Wildman–Crippen LogP) is 2.34. The van der Waals surface area contributed by atoms with E-state index in [9.17, 15) is 14.4 Å². The van der Waals surface area contributed by atoms with Gasteiger partial charge in [0, 0.05) is 16.1 Å². The number of amides is 4. The Morgan fingerprint density at radius 2 is 2.07 bits per heavy atom. The fourth-order valence-electron chi connectivity index (χ4n) is 3.66. The molecule has 4 rings (SSSR count). The molecule has 27 heavy (non-hydrogen) atoms. The highest BCUT2D eigenvalue weighted by Gasteiger charge is 2.54. The molecule has 1 aromatic heterocycles. The summed E-state index contributed by atoms with van der Waals surface area (Å²) in [5.41, 5.74) is 0.790. The van der Waals surface area contributed by atoms with Gasteiger partial charge in [0.15, 0.2) is 0 Å². The number of nitrogens with zero attached hydrogens (tertiary/aromatic N) is 2. The fourth-order valence-corrected chi connectivity index (χ4v) is 4.66. The number of carbonyl (C=O) groups excluding carboxylic acids is 3. The Morgan fingerprint density at radius 3 is 2.81 bits per heavy atom. The van der Waals surface area contributed by atoms with E-state index in [0.717, 1.165) is 28.2 Å². The zero-order valence-corrected chi connectivity index (χ0v) is 15.1. The minimum Gasteiger partial charge on any atom is -0.325 e. The topological polar surface area (TPSA) is 102 Å². The molecular formula is C19H16N4O3S. The molecule has 4 amide bonds. The molecule has 7 nitrogen and oxygen atoms in total. The Labute approximate surface area is 159 Å². The van der Waals surface area contributed by atoms with Crippen LogP contribution < -0.4 is 10.6 Å². The maximum absolute atomic E-state index is 13.1. The number of aryl methyl sites for hydroxylation is 1. The first kappa shape index (κ1) is 17.2. The molecule has 1 spiro atoms. The summed E-state index contributed by atoms with van der Waals surface area (Å²) in [6.45, 7) is -0.355. The number of imide groups is 1. The number of urea groups is 1. The summed E-state index contributed by atoms with van der Waals surface area (Å²) in [6, 6.07) is 9.70. The van der Waals surface area contributed by atoms with E-state index in [1.807, 2.05) is 17.5 Å². The van der Waals surface area contributed by atoms with Crippen molar-refractivity contribution in [3.05, 3.63) is 51.7 Å². The monoisotopic (exact) mass is 380 g/mol. The fraction of sp³-hybridized carbons (Fsp3) is 0.263. The van der Waals surface area contributed by atoms with E-state index in [1.165, 1.54) is 0 Å². The molecule has 2 heterocycles. The highest BCUT2D eigenvalue weighted by molar-refractivity contribution is 7.10. The summed E-state index contributed by atoms with van der Waals surface area (Å²) in [7, 11) is 0. The predicted molar refractivity (Wildman–Crippen MR) is 99.0 cm³/mol. The number of hydrogen-bond acceptors (Lipinski definition) is 5. The molecule has 0 saturated carbocycles. The summed E-state index contributed by atoms with van der Waals surface area (Å²) in [4.78, 5) is 39.9. The lowest BCUT2D eigenvalue weighted by Gasteiger charge is -2.31. The Balaban J connectivity index is 1.50. The van der Waals surface area contributed by atoms with Gasteiger partial charge in [0.2, 0.25) is 5.91 Å². The Hall–Kier alpha value is -3.18. The number of benzene rings is 1. The van der Waals surface area contributed by atoms with E-state index in [0.29, 0.717) is 17.7 Å². The lowest BCUT2D eigenvalue weighted by Crippen LogP contribution is -2.46. The van der Waals surface area contributed by atoms with Gasteiger partial charge in [0.1, 0.15) is 12.1 Å². The molecular weight excluding hydrogens is 364 g/mol. The van der Waals surface area contributed by atoms with Crippen LogP contribution in [0.4, 0.5) is 10.5 Å². The number of anilines is 1. The van der Waals surface area contributed by atoms with Crippen LogP contribution in [0.5, 0.6) is 0 Å². The molecule has 0 radical (unpaired) electrons. The van der Waals surface area contributed by atoms with Gasteiger partial charge in [-0.05, 0) is 55.0 Å². The van der Waals surface area contributed by atoms with Gasteiger partial charge in [-0.25, -0.2) is 4.79 Å². The largest absolute Gasteiger partial charge is 0.325 e. The van der Waals surface area contributed by atoms with Crippen LogP contribution in [0.2, 0.25) is 0 Å². The van der Waals surface area contributed by atoms with Crippen molar-refractivity contribution in [2.45, 2.75) is 24.8 Å². The van der Waals surface area contributed by atoms with Crippen molar-refractivity contribution < 1.29 is 14.4 Å². The Bertz CT molecular complexity index is 976. The lowest BCUT2D eigenvalue weighted by atomic mass is 9.80. The summed E-state index contributed by atoms with van der Waals surface area (Å²) in [5.74, 6) is -0.844. The lowest BCUT2D eigenvalue weighted by molar-refractivity contribution is -0.134. The van der Waals surface area contributed by atoms with Crippen LogP contribution in [0.3, 0.4) is 0 Å². The van der Waals surface area contributed by atoms with Crippen LogP contribution >= 0.6 is 11.3 Å². The van der Waals surface area contributed by atoms with Crippen LogP contribution in [0.25, 0.3) is 0 Å². The average Bonchev–Trinajstić information content (AvgIpc) is 3.23. The summed E-state index contributed by atoms with van der Waals surface area (Å²) >= 11 is 1.59. The Morgan fingerprint density at radius 1 is 1.30 bits per heavy atom. The van der Waals surface area contributed by atoms with Gasteiger partial charge in [-0.15, -0.1) is 11.3 Å². The van der Waals surface area contributed by atoms with Gasteiger partial charge in [-0.1, -0.05) is 0 Å². The smallest absolute Gasteiger partial charge is 0.325 e. The quantitative estimate of drug-likeness (QED) is 0.798. The second kappa shape index (κ2) is 6.52. The molecule has 1 aromatic carbocycles. The number of hydrogen-bond donors (Lipinski definition) is 2. The average molecular weight is 380 g/mol. The first-order chi connectivity index (χ1) is 13.0. The van der Waals surface area contributed by atoms with Crippen LogP contribution in [0.1, 0.15) is 28.8 Å². The second-order valence-electron chi connectivity index (χ2n) is 6.58. The molecule has 1 aliphatic carbocycles. The van der Waals surface area contributed by atoms with Gasteiger partial charge in [0.05, 0.1) is 11.6 Å². The van der Waals surface area contributed by atoms with E-state index in [4.69, 9.17) is 5.26 Å². The van der Waals surface area contributed by atoms with Gasteiger partial charge >= 0.3 is 6.03 Å². The van der Waals surface area contributed by atoms with Crippen molar-refractivity contribution in [2.24, 2.45) is 0 Å². The van der Waals surface area contributed by atoms with Crippen molar-refractivity contribution in [3.63, 3.8) is 0 Å². The van der Waals surface area contributed by atoms with Crippen LogP contribution in [0.15, 0.2) is 35.7 Å². The van der Waals surface area contributed by atoms with Gasteiger partial charge in [-0.3, -0.25) is 14.5 Å². The number of fused-ring (bicyclic) bond motifs is 2. The zero-order valence-electron chi connectivity index (χ0n) is 14.3. The Kier molecular flexibility index (Phi) is 4.16. The minimum atomic E-state index is -1.04. The van der Waals surface area contributed by atoms with E-state index in [2.05, 4.69) is 10.6 Å². The number of rotatable bonds is 3. The van der Waals surface area contributed by atoms with Crippen LogP contribution in [-0.4, -0.2) is 29.3 Å². The van der Waals surface area contributed by atoms with Crippen LogP contribution in [-0.2, 0) is 21.5 Å². The third kappa shape index (κ3) is 2.86. The molecule has 8 heteroatoms. The van der Waals surface area contributed by atoms with Gasteiger partial charge in [0.25, 0.3) is 5.91 Å². The zero-order chi connectivity index (χ0) is 19.0. The van der Waals surface area contributed by atoms with Crippen molar-refractivity contribution in [2.75, 3.05) is 11.9 Å². The first-order valence-corrected chi connectivity index (χ1v) is 9.42. The number of carbonyl (C=O) groups is 3. The molecule has 1 fully saturated rings. The molecule has 136 valence electrons. The molecule has 1 aliphatic heterocycles. The highest BCUT2D eigenvalue weighted by Crippen LogP contribution is 2.42. The van der Waals surface area contributed by atoms with Gasteiger partial charge < -0.3 is 10.6 Å². The number of nitriles is 1. The van der Waals surface area contributed by atoms with Crippen molar-refractivity contribution in [1.82, 2.24) is 10.2 Å². The highest BCUT2D eigenvalue weighted by atomic mass is 32.1. The number of nitrogens with one attached hydrogen (secondary N) is 2. The summed E-state index contributed by atoms with van der Waals surface area (Å²) < 4.78 is 0. The standard InChI is InChI=1S/C19H16N4O3S/c20-10-12-3-5-13(6-4-12)21-16(24)11-23-17(25)19(22-18(23)26)8-1-2-15-14(19)7-9-27-15/h3-7,9H,1-2,8,11H2,(H,21,24)(H,22,26). The first-order valence-electron chi connectivity index (χ1n) is 8.54. The molecule has 1 atom stereocenters. The van der Waals surface area contributed by atoms with Gasteiger partial charge in [-0.2, -0.15) is 5.26 Å². The third-order valence-corrected chi connectivity index (χ3v) is 5.92. The summed E-state index contributed by atoms with van der Waals surface area (Å²) in [6.07, 6.45) is 2.25. The maximum Gasteiger partial charge on any atom is 0.325 e. The van der Waals surface area contributed by atoms with E-state index < -0.39 is 17.5 Å². The molecule has 1 unspecified atom stereocenters. The van der Waals surface area contributed by atoms with E-state index in [1.54, 1.807) is 35.6 Å². The van der Waals surface area contributed by atoms with Crippen molar-refractivity contribution >= 4 is 34.9 Å². The van der Waals surface area contributed by atoms with E-state index >= 15 is 0 Å². The molecule has 1 saturated heterocycles.